The molecule has 5 nitrogen and oxygen atoms in total. The molecule has 0 saturated heterocycles. The number of carboxylic acids is 1. The highest BCUT2D eigenvalue weighted by Crippen LogP contribution is 2.21. The van der Waals surface area contributed by atoms with Crippen LogP contribution in [-0.2, 0) is 0 Å². The number of carboxylic acid groups (broad SMARTS) is 1. The number of nitrogens with zero attached hydrogens (tertiary/aromatic N) is 2. The molecule has 0 saturated carbocycles. The third kappa shape index (κ3) is 3.42. The Kier molecular flexibility index (Phi) is 4.27. The molecular weight excluding hydrogens is 230 g/mol. The topological polar surface area (TPSA) is 75.1 Å². The molecule has 5 heteroatoms. The summed E-state index contributed by atoms with van der Waals surface area (Å²) < 4.78 is 0. The molecule has 0 aliphatic rings. The first-order chi connectivity index (χ1) is 8.26. The van der Waals surface area contributed by atoms with Gasteiger partial charge in [-0.2, -0.15) is 0 Å². The van der Waals surface area contributed by atoms with E-state index in [2.05, 4.69) is 15.3 Å². The van der Waals surface area contributed by atoms with Gasteiger partial charge in [-0.05, 0) is 20.3 Å². The van der Waals surface area contributed by atoms with Gasteiger partial charge in [0.2, 0.25) is 0 Å². The minimum atomic E-state index is -1.03. The first-order valence-corrected chi connectivity index (χ1v) is 6.15. The Balaban J connectivity index is 3.16. The monoisotopic (exact) mass is 251 g/mol. The van der Waals surface area contributed by atoms with Crippen LogP contribution in [0.25, 0.3) is 0 Å². The van der Waals surface area contributed by atoms with Crippen molar-refractivity contribution in [3.05, 3.63) is 17.7 Å². The zero-order chi connectivity index (χ0) is 13.9. The Morgan fingerprint density at radius 1 is 1.50 bits per heavy atom. The molecule has 0 amide bonds. The molecular formula is C13H21N3O2. The summed E-state index contributed by atoms with van der Waals surface area (Å²) in [6.45, 7) is 9.93. The van der Waals surface area contributed by atoms with Crippen molar-refractivity contribution >= 4 is 11.7 Å². The van der Waals surface area contributed by atoms with E-state index in [4.69, 9.17) is 0 Å². The predicted molar refractivity (Wildman–Crippen MR) is 71.1 cm³/mol. The second kappa shape index (κ2) is 5.33. The molecule has 1 rings (SSSR count). The maximum Gasteiger partial charge on any atom is 0.356 e. The van der Waals surface area contributed by atoms with Gasteiger partial charge in [0.15, 0.2) is 5.69 Å². The highest BCUT2D eigenvalue weighted by atomic mass is 16.4. The molecule has 100 valence electrons. The quantitative estimate of drug-likeness (QED) is 0.841. The summed E-state index contributed by atoms with van der Waals surface area (Å²) in [5.74, 6) is -0.378. The minimum Gasteiger partial charge on any atom is -0.476 e. The minimum absolute atomic E-state index is 0.0372. The van der Waals surface area contributed by atoms with Crippen molar-refractivity contribution in [1.29, 1.82) is 0 Å². The van der Waals surface area contributed by atoms with Crippen LogP contribution in [0.2, 0.25) is 0 Å². The van der Waals surface area contributed by atoms with Crippen LogP contribution < -0.4 is 5.32 Å². The van der Waals surface area contributed by atoms with Gasteiger partial charge in [0.05, 0.1) is 11.9 Å². The standard InChI is InChI=1S/C13H21N3O2/c1-6-13(4,5)16-9-7-14-11(8(2)3)15-10(9)12(17)18/h7-8,16H,6H2,1-5H3,(H,17,18). The average Bonchev–Trinajstić information content (AvgIpc) is 2.28. The summed E-state index contributed by atoms with van der Waals surface area (Å²) >= 11 is 0. The number of carbonyl (C=O) groups is 1. The van der Waals surface area contributed by atoms with Gasteiger partial charge in [0.25, 0.3) is 0 Å². The molecule has 0 radical (unpaired) electrons. The van der Waals surface area contributed by atoms with Crippen LogP contribution in [0.5, 0.6) is 0 Å². The summed E-state index contributed by atoms with van der Waals surface area (Å²) in [5, 5.41) is 12.4. The van der Waals surface area contributed by atoms with Crippen LogP contribution in [0.4, 0.5) is 5.69 Å². The Morgan fingerprint density at radius 3 is 2.56 bits per heavy atom. The highest BCUT2D eigenvalue weighted by Gasteiger charge is 2.21. The van der Waals surface area contributed by atoms with E-state index >= 15 is 0 Å². The predicted octanol–water partition coefficient (Wildman–Crippen LogP) is 2.90. The number of aromatic carboxylic acids is 1. The molecule has 0 aliphatic carbocycles. The average molecular weight is 251 g/mol. The molecule has 0 aliphatic heterocycles. The van der Waals surface area contributed by atoms with E-state index in [9.17, 15) is 9.90 Å². The van der Waals surface area contributed by atoms with Crippen LogP contribution in [0.15, 0.2) is 6.20 Å². The first kappa shape index (κ1) is 14.4. The second-order valence-corrected chi connectivity index (χ2v) is 5.31. The number of nitrogens with one attached hydrogen (secondary N) is 1. The summed E-state index contributed by atoms with van der Waals surface area (Å²) in [5.41, 5.74) is 0.321. The van der Waals surface area contributed by atoms with E-state index < -0.39 is 5.97 Å². The SMILES string of the molecule is CCC(C)(C)Nc1cnc(C(C)C)nc1C(=O)O. The van der Waals surface area contributed by atoms with Gasteiger partial charge in [0, 0.05) is 11.5 Å². The van der Waals surface area contributed by atoms with Crippen molar-refractivity contribution in [2.45, 2.75) is 52.5 Å². The van der Waals surface area contributed by atoms with Crippen molar-refractivity contribution in [2.24, 2.45) is 0 Å². The van der Waals surface area contributed by atoms with Crippen LogP contribution in [0, 0.1) is 0 Å². The van der Waals surface area contributed by atoms with Crippen LogP contribution in [-0.4, -0.2) is 26.6 Å². The van der Waals surface area contributed by atoms with E-state index in [1.54, 1.807) is 6.20 Å². The van der Waals surface area contributed by atoms with Gasteiger partial charge in [-0.1, -0.05) is 20.8 Å². The normalized spacial score (nSPS) is 11.7. The number of rotatable bonds is 5. The molecule has 0 atom stereocenters. The summed E-state index contributed by atoms with van der Waals surface area (Å²) in [6, 6.07) is 0. The molecule has 18 heavy (non-hydrogen) atoms. The summed E-state index contributed by atoms with van der Waals surface area (Å²) in [4.78, 5) is 19.6. The van der Waals surface area contributed by atoms with Gasteiger partial charge in [0.1, 0.15) is 5.82 Å². The van der Waals surface area contributed by atoms with Crippen LogP contribution in [0.3, 0.4) is 0 Å². The third-order valence-corrected chi connectivity index (χ3v) is 2.88. The number of anilines is 1. The molecule has 0 aromatic carbocycles. The maximum absolute atomic E-state index is 11.2. The molecule has 2 N–H and O–H groups in total. The summed E-state index contributed by atoms with van der Waals surface area (Å²) in [6.07, 6.45) is 2.43. The fourth-order valence-corrected chi connectivity index (χ4v) is 1.38. The zero-order valence-corrected chi connectivity index (χ0v) is 11.6. The van der Waals surface area contributed by atoms with E-state index in [-0.39, 0.29) is 17.2 Å². The second-order valence-electron chi connectivity index (χ2n) is 5.31. The smallest absolute Gasteiger partial charge is 0.356 e. The Morgan fingerprint density at radius 2 is 2.11 bits per heavy atom. The Hall–Kier alpha value is -1.65. The number of aromatic nitrogens is 2. The molecule has 1 heterocycles. The molecule has 1 aromatic rings. The van der Waals surface area contributed by atoms with Gasteiger partial charge >= 0.3 is 5.97 Å². The Bertz CT molecular complexity index is 442. The lowest BCUT2D eigenvalue weighted by molar-refractivity contribution is 0.0691. The fraction of sp³-hybridized carbons (Fsp3) is 0.615. The zero-order valence-electron chi connectivity index (χ0n) is 11.6. The molecule has 1 aromatic heterocycles. The van der Waals surface area contributed by atoms with Crippen molar-refractivity contribution in [1.82, 2.24) is 9.97 Å². The highest BCUT2D eigenvalue weighted by molar-refractivity contribution is 5.91. The molecule has 0 bridgehead atoms. The van der Waals surface area contributed by atoms with Gasteiger partial charge in [-0.25, -0.2) is 14.8 Å². The van der Waals surface area contributed by atoms with Crippen LogP contribution >= 0.6 is 0 Å². The van der Waals surface area contributed by atoms with Gasteiger partial charge in [-0.15, -0.1) is 0 Å². The largest absolute Gasteiger partial charge is 0.476 e. The Labute approximate surface area is 108 Å². The van der Waals surface area contributed by atoms with E-state index in [1.807, 2.05) is 34.6 Å². The van der Waals surface area contributed by atoms with Crippen molar-refractivity contribution < 1.29 is 9.90 Å². The lowest BCUT2D eigenvalue weighted by Gasteiger charge is -2.26. The summed E-state index contributed by atoms with van der Waals surface area (Å²) in [7, 11) is 0. The molecule has 0 fully saturated rings. The lowest BCUT2D eigenvalue weighted by atomic mass is 10.0. The van der Waals surface area contributed by atoms with Gasteiger partial charge in [-0.3, -0.25) is 0 Å². The maximum atomic E-state index is 11.2. The lowest BCUT2D eigenvalue weighted by Crippen LogP contribution is -2.31. The third-order valence-electron chi connectivity index (χ3n) is 2.88. The van der Waals surface area contributed by atoms with E-state index in [0.717, 1.165) is 6.42 Å². The first-order valence-electron chi connectivity index (χ1n) is 6.15. The fourth-order valence-electron chi connectivity index (χ4n) is 1.38. The van der Waals surface area contributed by atoms with Crippen LogP contribution in [0.1, 0.15) is 63.3 Å². The molecule has 0 spiro atoms. The van der Waals surface area contributed by atoms with E-state index in [0.29, 0.717) is 11.5 Å². The van der Waals surface area contributed by atoms with Crippen molar-refractivity contribution in [3.63, 3.8) is 0 Å². The van der Waals surface area contributed by atoms with Gasteiger partial charge < -0.3 is 10.4 Å². The number of hydrogen-bond donors (Lipinski definition) is 2. The van der Waals surface area contributed by atoms with Crippen molar-refractivity contribution in [2.75, 3.05) is 5.32 Å². The number of hydrogen-bond acceptors (Lipinski definition) is 4. The van der Waals surface area contributed by atoms with E-state index in [1.165, 1.54) is 0 Å². The van der Waals surface area contributed by atoms with Crippen molar-refractivity contribution in [3.8, 4) is 0 Å². The molecule has 0 unspecified atom stereocenters.